The van der Waals surface area contributed by atoms with Crippen LogP contribution in [-0.2, 0) is 54.2 Å². The first kappa shape index (κ1) is 32.0. The number of hydrogen-bond acceptors (Lipinski definition) is 12. The number of anilines is 1. The summed E-state index contributed by atoms with van der Waals surface area (Å²) < 4.78 is 29.0. The number of para-hydroxylation sites is 1. The zero-order chi connectivity index (χ0) is 33.0. The number of nitrogens with zero attached hydrogens (tertiary/aromatic N) is 4. The molecule has 1 fully saturated rings. The fraction of sp³-hybridized carbons (Fsp3) is 0.344. The summed E-state index contributed by atoms with van der Waals surface area (Å²) in [7, 11) is 0. The summed E-state index contributed by atoms with van der Waals surface area (Å²) in [5, 5.41) is 8.42. The molecule has 0 saturated carbocycles. The molecule has 46 heavy (non-hydrogen) atoms. The largest absolute Gasteiger partial charge is 0.463 e. The van der Waals surface area contributed by atoms with Gasteiger partial charge in [-0.15, -0.1) is 5.10 Å². The minimum atomic E-state index is -1.37. The lowest BCUT2D eigenvalue weighted by Crippen LogP contribution is -2.60. The Balaban J connectivity index is 1.47. The van der Waals surface area contributed by atoms with Gasteiger partial charge < -0.3 is 28.6 Å². The van der Waals surface area contributed by atoms with Crippen LogP contribution in [0.25, 0.3) is 11.6 Å². The third-order valence-electron chi connectivity index (χ3n) is 7.18. The van der Waals surface area contributed by atoms with Crippen LogP contribution in [0.15, 0.2) is 60.8 Å². The summed E-state index contributed by atoms with van der Waals surface area (Å²) in [6, 6.07) is 16.9. The van der Waals surface area contributed by atoms with E-state index in [2.05, 4.69) is 10.3 Å². The number of aromatic nitrogens is 3. The average Bonchev–Trinajstić information content (AvgIpc) is 3.57. The summed E-state index contributed by atoms with van der Waals surface area (Å²) in [5.74, 6) is -3.10. The predicted molar refractivity (Wildman–Crippen MR) is 159 cm³/mol. The van der Waals surface area contributed by atoms with Crippen LogP contribution in [0.5, 0.6) is 0 Å². The molecule has 0 N–H and O–H groups in total. The quantitative estimate of drug-likeness (QED) is 0.193. The van der Waals surface area contributed by atoms with Crippen molar-refractivity contribution in [1.29, 1.82) is 0 Å². The molecule has 1 saturated heterocycles. The molecule has 1 amide bonds. The van der Waals surface area contributed by atoms with Crippen LogP contribution in [-0.4, -0.2) is 75.8 Å². The number of carbonyl (C=O) groups excluding carboxylic acids is 5. The van der Waals surface area contributed by atoms with Gasteiger partial charge in [-0.25, -0.2) is 4.68 Å². The Kier molecular flexibility index (Phi) is 9.56. The Hall–Kier alpha value is -5.37. The molecular formula is C32H32N4O10. The van der Waals surface area contributed by atoms with E-state index in [9.17, 15) is 24.0 Å². The summed E-state index contributed by atoms with van der Waals surface area (Å²) in [6.07, 6.45) is -3.13. The Bertz CT molecular complexity index is 1670. The van der Waals surface area contributed by atoms with Gasteiger partial charge in [0, 0.05) is 38.8 Å². The number of esters is 4. The molecule has 0 aliphatic carbocycles. The van der Waals surface area contributed by atoms with Gasteiger partial charge in [0.2, 0.25) is 0 Å². The monoisotopic (exact) mass is 632 g/mol. The fourth-order valence-electron chi connectivity index (χ4n) is 5.41. The molecule has 14 nitrogen and oxygen atoms in total. The van der Waals surface area contributed by atoms with E-state index in [0.717, 1.165) is 31.9 Å². The van der Waals surface area contributed by atoms with Gasteiger partial charge in [0.1, 0.15) is 18.4 Å². The van der Waals surface area contributed by atoms with E-state index in [4.69, 9.17) is 23.7 Å². The molecule has 3 aromatic rings. The first-order valence-electron chi connectivity index (χ1n) is 14.4. The van der Waals surface area contributed by atoms with Crippen molar-refractivity contribution < 1.29 is 47.7 Å². The highest BCUT2D eigenvalue weighted by molar-refractivity contribution is 6.35. The molecule has 1 aromatic heterocycles. The highest BCUT2D eigenvalue weighted by Crippen LogP contribution is 2.39. The van der Waals surface area contributed by atoms with E-state index >= 15 is 0 Å². The Labute approximate surface area is 263 Å². The number of hydrogen-bond donors (Lipinski definition) is 0. The number of amides is 1. The number of fused-ring (bicyclic) bond motifs is 1. The van der Waals surface area contributed by atoms with E-state index in [-0.39, 0.29) is 19.1 Å². The summed E-state index contributed by atoms with van der Waals surface area (Å²) in [4.78, 5) is 63.3. The SMILES string of the molecule is CC(=O)OC[C@H]1O[C@@H](n2cc(CN3C(=O)/C(=C/c4ccccc4)c4ccccc43)nn2)[C@H](OC(C)=O)[C@@H](OC(C)=O)[C@@H]1OC(C)=O. The van der Waals surface area contributed by atoms with Crippen molar-refractivity contribution in [3.63, 3.8) is 0 Å². The summed E-state index contributed by atoms with van der Waals surface area (Å²) in [5.41, 5.74) is 3.21. The van der Waals surface area contributed by atoms with Gasteiger partial charge >= 0.3 is 23.9 Å². The van der Waals surface area contributed by atoms with E-state index in [1.165, 1.54) is 17.8 Å². The van der Waals surface area contributed by atoms with Gasteiger partial charge in [-0.2, -0.15) is 0 Å². The molecule has 5 atom stereocenters. The van der Waals surface area contributed by atoms with Crippen molar-refractivity contribution in [1.82, 2.24) is 15.0 Å². The molecule has 0 unspecified atom stereocenters. The molecule has 240 valence electrons. The molecular weight excluding hydrogens is 600 g/mol. The molecule has 0 spiro atoms. The molecule has 2 aromatic carbocycles. The van der Waals surface area contributed by atoms with Crippen LogP contribution in [0.3, 0.4) is 0 Å². The standard InChI is InChI=1S/C32H32N4O10/c1-18(37)42-17-27-28(43-19(2)38)29(44-20(3)39)30(45-21(4)40)32(46-27)36-16-23(33-34-36)15-35-26-13-9-8-12-24(26)25(31(35)41)14-22-10-6-5-7-11-22/h5-14,16,27-30,32H,15,17H2,1-4H3/b25-14+/t27-,28-,29+,30-,32-/m1/s1. The number of carbonyl (C=O) groups is 5. The molecule has 5 rings (SSSR count). The molecule has 3 heterocycles. The zero-order valence-electron chi connectivity index (χ0n) is 25.5. The van der Waals surface area contributed by atoms with E-state index < -0.39 is 54.5 Å². The highest BCUT2D eigenvalue weighted by atomic mass is 16.7. The maximum atomic E-state index is 13.7. The zero-order valence-corrected chi connectivity index (χ0v) is 25.5. The van der Waals surface area contributed by atoms with Crippen molar-refractivity contribution in [3.05, 3.63) is 77.6 Å². The van der Waals surface area contributed by atoms with Crippen molar-refractivity contribution in [2.75, 3.05) is 11.5 Å². The number of ether oxygens (including phenoxy) is 5. The summed E-state index contributed by atoms with van der Waals surface area (Å²) in [6.45, 7) is 4.27. The third kappa shape index (κ3) is 7.12. The van der Waals surface area contributed by atoms with E-state index in [0.29, 0.717) is 17.0 Å². The first-order chi connectivity index (χ1) is 22.0. The highest BCUT2D eigenvalue weighted by Gasteiger charge is 2.53. The van der Waals surface area contributed by atoms with Gasteiger partial charge in [-0.1, -0.05) is 53.7 Å². The summed E-state index contributed by atoms with van der Waals surface area (Å²) >= 11 is 0. The average molecular weight is 633 g/mol. The lowest BCUT2D eigenvalue weighted by Gasteiger charge is -2.44. The van der Waals surface area contributed by atoms with Crippen LogP contribution in [0, 0.1) is 0 Å². The van der Waals surface area contributed by atoms with Gasteiger partial charge in [0.05, 0.1) is 18.4 Å². The fourth-order valence-corrected chi connectivity index (χ4v) is 5.41. The van der Waals surface area contributed by atoms with Gasteiger partial charge in [0.25, 0.3) is 5.91 Å². The van der Waals surface area contributed by atoms with Crippen molar-refractivity contribution in [3.8, 4) is 0 Å². The van der Waals surface area contributed by atoms with E-state index in [1.54, 1.807) is 4.90 Å². The first-order valence-corrected chi connectivity index (χ1v) is 14.4. The van der Waals surface area contributed by atoms with Crippen LogP contribution >= 0.6 is 0 Å². The van der Waals surface area contributed by atoms with Gasteiger partial charge in [0.15, 0.2) is 24.5 Å². The minimum absolute atomic E-state index is 0.0350. The lowest BCUT2D eigenvalue weighted by molar-refractivity contribution is -0.270. The second-order valence-electron chi connectivity index (χ2n) is 10.7. The molecule has 2 aliphatic heterocycles. The van der Waals surface area contributed by atoms with Crippen molar-refractivity contribution in [2.45, 2.75) is 64.9 Å². The Morgan fingerprint density at radius 3 is 2.13 bits per heavy atom. The normalized spacial score (nSPS) is 23.0. The van der Waals surface area contributed by atoms with Crippen LogP contribution in [0.2, 0.25) is 0 Å². The molecule has 2 aliphatic rings. The van der Waals surface area contributed by atoms with Gasteiger partial charge in [-0.3, -0.25) is 24.0 Å². The Morgan fingerprint density at radius 2 is 1.46 bits per heavy atom. The molecule has 14 heteroatoms. The van der Waals surface area contributed by atoms with Crippen LogP contribution in [0.4, 0.5) is 5.69 Å². The predicted octanol–water partition coefficient (Wildman–Crippen LogP) is 2.62. The van der Waals surface area contributed by atoms with Crippen molar-refractivity contribution >= 4 is 47.1 Å². The maximum Gasteiger partial charge on any atom is 0.303 e. The van der Waals surface area contributed by atoms with Crippen LogP contribution in [0.1, 0.15) is 50.7 Å². The Morgan fingerprint density at radius 1 is 0.826 bits per heavy atom. The number of benzene rings is 2. The minimum Gasteiger partial charge on any atom is -0.463 e. The van der Waals surface area contributed by atoms with E-state index in [1.807, 2.05) is 60.7 Å². The smallest absolute Gasteiger partial charge is 0.303 e. The number of rotatable bonds is 9. The lowest BCUT2D eigenvalue weighted by atomic mass is 9.97. The molecule has 0 bridgehead atoms. The van der Waals surface area contributed by atoms with Crippen molar-refractivity contribution in [2.24, 2.45) is 0 Å². The topological polar surface area (TPSA) is 165 Å². The second kappa shape index (κ2) is 13.7. The molecule has 0 radical (unpaired) electrons. The maximum absolute atomic E-state index is 13.7. The second-order valence-corrected chi connectivity index (χ2v) is 10.7. The van der Waals surface area contributed by atoms with Crippen LogP contribution < -0.4 is 4.90 Å². The van der Waals surface area contributed by atoms with Gasteiger partial charge in [-0.05, 0) is 17.7 Å². The third-order valence-corrected chi connectivity index (χ3v) is 7.18.